The van der Waals surface area contributed by atoms with E-state index in [9.17, 15) is 0 Å². The third kappa shape index (κ3) is 1.46. The van der Waals surface area contributed by atoms with Gasteiger partial charge in [0.05, 0.1) is 6.54 Å². The highest BCUT2D eigenvalue weighted by molar-refractivity contribution is 6.08. The van der Waals surface area contributed by atoms with Crippen LogP contribution in [-0.2, 0) is 0 Å². The van der Waals surface area contributed by atoms with E-state index in [2.05, 4.69) is 4.99 Å². The van der Waals surface area contributed by atoms with Gasteiger partial charge in [0.25, 0.3) is 0 Å². The maximum absolute atomic E-state index is 7.39. The Labute approximate surface area is 82.6 Å². The van der Waals surface area contributed by atoms with Gasteiger partial charge in [0, 0.05) is 12.1 Å². The fourth-order valence-corrected chi connectivity index (χ4v) is 1.52. The van der Waals surface area contributed by atoms with Crippen molar-refractivity contribution >= 4 is 11.8 Å². The van der Waals surface area contributed by atoms with Gasteiger partial charge >= 0.3 is 0 Å². The lowest BCUT2D eigenvalue weighted by Crippen LogP contribution is -2.39. The van der Waals surface area contributed by atoms with E-state index in [4.69, 9.17) is 11.1 Å². The Morgan fingerprint density at radius 1 is 1.36 bits per heavy atom. The summed E-state index contributed by atoms with van der Waals surface area (Å²) in [6.45, 7) is 1.42. The van der Waals surface area contributed by atoms with E-state index in [0.717, 1.165) is 11.4 Å². The van der Waals surface area contributed by atoms with E-state index in [1.54, 1.807) is 4.90 Å². The van der Waals surface area contributed by atoms with Crippen molar-refractivity contribution in [3.63, 3.8) is 0 Å². The molecule has 0 radical (unpaired) electrons. The first-order valence-corrected chi connectivity index (χ1v) is 4.50. The van der Waals surface area contributed by atoms with Crippen LogP contribution in [0.15, 0.2) is 35.3 Å². The molecule has 14 heavy (non-hydrogen) atoms. The van der Waals surface area contributed by atoms with Crippen molar-refractivity contribution in [2.45, 2.75) is 0 Å². The highest BCUT2D eigenvalue weighted by Crippen LogP contribution is 2.10. The predicted molar refractivity (Wildman–Crippen MR) is 56.5 cm³/mol. The highest BCUT2D eigenvalue weighted by atomic mass is 15.3. The molecule has 0 saturated heterocycles. The van der Waals surface area contributed by atoms with Crippen LogP contribution in [0.25, 0.3) is 0 Å². The van der Waals surface area contributed by atoms with Crippen LogP contribution in [0.1, 0.15) is 5.56 Å². The van der Waals surface area contributed by atoms with E-state index in [0.29, 0.717) is 13.1 Å². The SMILES string of the molecule is N=C(N)N1CCN=C1c1ccccc1. The number of amidine groups is 1. The van der Waals surface area contributed by atoms with E-state index in [1.807, 2.05) is 30.3 Å². The maximum Gasteiger partial charge on any atom is 0.194 e. The normalized spacial score (nSPS) is 15.4. The molecule has 2 rings (SSSR count). The van der Waals surface area contributed by atoms with Crippen LogP contribution in [0, 0.1) is 5.41 Å². The van der Waals surface area contributed by atoms with Gasteiger partial charge in [-0.25, -0.2) is 0 Å². The number of nitrogens with two attached hydrogens (primary N) is 1. The van der Waals surface area contributed by atoms with Crippen molar-refractivity contribution in [2.24, 2.45) is 10.7 Å². The molecule has 72 valence electrons. The number of aliphatic imine (C=N–C) groups is 1. The zero-order valence-corrected chi connectivity index (χ0v) is 7.77. The fourth-order valence-electron chi connectivity index (χ4n) is 1.52. The molecule has 0 spiro atoms. The van der Waals surface area contributed by atoms with Gasteiger partial charge in [0.2, 0.25) is 0 Å². The molecule has 4 nitrogen and oxygen atoms in total. The molecule has 0 amide bonds. The molecule has 1 aliphatic heterocycles. The molecule has 4 heteroatoms. The lowest BCUT2D eigenvalue weighted by molar-refractivity contribution is 0.653. The van der Waals surface area contributed by atoms with Gasteiger partial charge in [-0.15, -0.1) is 0 Å². The van der Waals surface area contributed by atoms with Crippen molar-refractivity contribution in [2.75, 3.05) is 13.1 Å². The first-order valence-electron chi connectivity index (χ1n) is 4.50. The largest absolute Gasteiger partial charge is 0.370 e. The Hall–Kier alpha value is -1.84. The number of hydrogen-bond acceptors (Lipinski definition) is 2. The second-order valence-corrected chi connectivity index (χ2v) is 3.11. The Balaban J connectivity index is 2.31. The number of hydrogen-bond donors (Lipinski definition) is 2. The van der Waals surface area contributed by atoms with Crippen LogP contribution in [0.4, 0.5) is 0 Å². The summed E-state index contributed by atoms with van der Waals surface area (Å²) in [4.78, 5) is 6.05. The Morgan fingerprint density at radius 2 is 2.07 bits per heavy atom. The zero-order valence-electron chi connectivity index (χ0n) is 7.77. The highest BCUT2D eigenvalue weighted by Gasteiger charge is 2.19. The standard InChI is InChI=1S/C10H12N4/c11-10(12)14-7-6-13-9(14)8-4-2-1-3-5-8/h1-5H,6-7H2,(H3,11,12). The Kier molecular flexibility index (Phi) is 2.18. The third-order valence-electron chi connectivity index (χ3n) is 2.16. The molecule has 0 atom stereocenters. The van der Waals surface area contributed by atoms with Gasteiger partial charge in [-0.05, 0) is 0 Å². The van der Waals surface area contributed by atoms with Crippen LogP contribution in [0.5, 0.6) is 0 Å². The minimum Gasteiger partial charge on any atom is -0.370 e. The Morgan fingerprint density at radius 3 is 2.71 bits per heavy atom. The molecular formula is C10H12N4. The number of rotatable bonds is 1. The quantitative estimate of drug-likeness (QED) is 0.502. The van der Waals surface area contributed by atoms with Gasteiger partial charge < -0.3 is 5.73 Å². The second-order valence-electron chi connectivity index (χ2n) is 3.11. The summed E-state index contributed by atoms with van der Waals surface area (Å²) in [5.74, 6) is 0.864. The number of guanidine groups is 1. The van der Waals surface area contributed by atoms with Crippen molar-refractivity contribution in [1.82, 2.24) is 4.90 Å². The fraction of sp³-hybridized carbons (Fsp3) is 0.200. The first kappa shape index (κ1) is 8.74. The van der Waals surface area contributed by atoms with Gasteiger partial charge in [0.1, 0.15) is 5.84 Å². The molecule has 1 heterocycles. The van der Waals surface area contributed by atoms with Gasteiger partial charge in [-0.1, -0.05) is 30.3 Å². The monoisotopic (exact) mass is 188 g/mol. The predicted octanol–water partition coefficient (Wildman–Crippen LogP) is 0.642. The third-order valence-corrected chi connectivity index (χ3v) is 2.16. The van der Waals surface area contributed by atoms with E-state index in [-0.39, 0.29) is 5.96 Å². The summed E-state index contributed by atoms with van der Waals surface area (Å²) < 4.78 is 0. The average Bonchev–Trinajstić information content (AvgIpc) is 2.67. The van der Waals surface area contributed by atoms with Gasteiger partial charge in [-0.3, -0.25) is 15.3 Å². The molecule has 3 N–H and O–H groups in total. The lowest BCUT2D eigenvalue weighted by Gasteiger charge is -2.17. The van der Waals surface area contributed by atoms with Crippen LogP contribution in [0.3, 0.4) is 0 Å². The number of nitrogens with zero attached hydrogens (tertiary/aromatic N) is 2. The van der Waals surface area contributed by atoms with Gasteiger partial charge in [-0.2, -0.15) is 0 Å². The molecule has 0 fully saturated rings. The van der Waals surface area contributed by atoms with Crippen molar-refractivity contribution in [3.8, 4) is 0 Å². The lowest BCUT2D eigenvalue weighted by atomic mass is 10.2. The van der Waals surface area contributed by atoms with Gasteiger partial charge in [0.15, 0.2) is 5.96 Å². The summed E-state index contributed by atoms with van der Waals surface area (Å²) in [6.07, 6.45) is 0. The second kappa shape index (κ2) is 3.49. The van der Waals surface area contributed by atoms with Crippen molar-refractivity contribution < 1.29 is 0 Å². The molecule has 0 aromatic heterocycles. The summed E-state index contributed by atoms with van der Waals surface area (Å²) in [5.41, 5.74) is 6.47. The molecule has 1 aromatic rings. The minimum absolute atomic E-state index is 0.0603. The van der Waals surface area contributed by atoms with E-state index >= 15 is 0 Å². The molecule has 1 aromatic carbocycles. The first-order chi connectivity index (χ1) is 6.79. The minimum atomic E-state index is 0.0603. The number of nitrogens with one attached hydrogen (secondary N) is 1. The molecule has 1 aliphatic rings. The van der Waals surface area contributed by atoms with Crippen LogP contribution >= 0.6 is 0 Å². The van der Waals surface area contributed by atoms with Crippen LogP contribution < -0.4 is 5.73 Å². The van der Waals surface area contributed by atoms with E-state index in [1.165, 1.54) is 0 Å². The molecular weight excluding hydrogens is 176 g/mol. The van der Waals surface area contributed by atoms with Crippen molar-refractivity contribution in [3.05, 3.63) is 35.9 Å². The molecule has 0 saturated carbocycles. The number of benzene rings is 1. The average molecular weight is 188 g/mol. The summed E-state index contributed by atoms with van der Waals surface area (Å²) in [5, 5.41) is 7.39. The summed E-state index contributed by atoms with van der Waals surface area (Å²) in [6, 6.07) is 9.81. The zero-order chi connectivity index (χ0) is 9.97. The van der Waals surface area contributed by atoms with Crippen LogP contribution in [-0.4, -0.2) is 29.8 Å². The molecule has 0 aliphatic carbocycles. The molecule has 0 unspecified atom stereocenters. The smallest absolute Gasteiger partial charge is 0.194 e. The maximum atomic E-state index is 7.39. The topological polar surface area (TPSA) is 65.5 Å². The summed E-state index contributed by atoms with van der Waals surface area (Å²) >= 11 is 0. The molecule has 0 bridgehead atoms. The Bertz CT molecular complexity index is 369. The summed E-state index contributed by atoms with van der Waals surface area (Å²) in [7, 11) is 0. The van der Waals surface area contributed by atoms with Crippen molar-refractivity contribution in [1.29, 1.82) is 5.41 Å². The van der Waals surface area contributed by atoms with E-state index < -0.39 is 0 Å². The van der Waals surface area contributed by atoms with Crippen LogP contribution in [0.2, 0.25) is 0 Å².